The Labute approximate surface area is 98.6 Å². The van der Waals surface area contributed by atoms with Gasteiger partial charge in [-0.3, -0.25) is 8.97 Å². The lowest BCUT2D eigenvalue weighted by Gasteiger charge is -2.09. The van der Waals surface area contributed by atoms with Crippen LogP contribution in [0.25, 0.3) is 11.2 Å². The second-order valence-electron chi connectivity index (χ2n) is 4.06. The minimum Gasteiger partial charge on any atom is -0.269 e. The molecule has 0 radical (unpaired) electrons. The Morgan fingerprint density at radius 2 is 1.76 bits per heavy atom. The third kappa shape index (κ3) is 1.47. The largest absolute Gasteiger partial charge is 0.337 e. The minimum atomic E-state index is -0.0400. The van der Waals surface area contributed by atoms with Gasteiger partial charge in [0.15, 0.2) is 0 Å². The summed E-state index contributed by atoms with van der Waals surface area (Å²) in [5.41, 5.74) is 2.89. The van der Waals surface area contributed by atoms with E-state index in [1.807, 2.05) is 55.6 Å². The van der Waals surface area contributed by atoms with Crippen molar-refractivity contribution in [3.63, 3.8) is 0 Å². The van der Waals surface area contributed by atoms with E-state index in [9.17, 15) is 4.79 Å². The van der Waals surface area contributed by atoms with Gasteiger partial charge in [0, 0.05) is 12.4 Å². The Bertz CT molecular complexity index is 737. The molecule has 1 aromatic carbocycles. The molecule has 0 spiro atoms. The zero-order valence-electron chi connectivity index (χ0n) is 9.50. The average Bonchev–Trinajstić information content (AvgIpc) is 2.80. The van der Waals surface area contributed by atoms with Crippen molar-refractivity contribution >= 4 is 5.52 Å². The van der Waals surface area contributed by atoms with Gasteiger partial charge in [-0.15, -0.1) is 0 Å². The topological polar surface area (TPSA) is 26.4 Å². The quantitative estimate of drug-likeness (QED) is 0.623. The van der Waals surface area contributed by atoms with Crippen molar-refractivity contribution in [3.05, 3.63) is 70.9 Å². The molecule has 2 heterocycles. The fourth-order valence-electron chi connectivity index (χ4n) is 2.05. The molecule has 0 fully saturated rings. The highest BCUT2D eigenvalue weighted by Crippen LogP contribution is 2.11. The minimum absolute atomic E-state index is 0.0400. The molecule has 2 aromatic heterocycles. The van der Waals surface area contributed by atoms with Crippen molar-refractivity contribution in [1.82, 2.24) is 8.97 Å². The number of para-hydroxylation sites is 1. The van der Waals surface area contributed by atoms with E-state index in [0.29, 0.717) is 0 Å². The molecular weight excluding hydrogens is 212 g/mol. The first-order valence-electron chi connectivity index (χ1n) is 5.52. The lowest BCUT2D eigenvalue weighted by atomic mass is 10.2. The van der Waals surface area contributed by atoms with Crippen molar-refractivity contribution in [1.29, 1.82) is 0 Å². The highest BCUT2D eigenvalue weighted by atomic mass is 16.1. The van der Waals surface area contributed by atoms with E-state index in [1.165, 1.54) is 0 Å². The van der Waals surface area contributed by atoms with Crippen LogP contribution in [0.5, 0.6) is 0 Å². The molecule has 3 rings (SSSR count). The standard InChI is InChI=1S/C14H12N2O/c1-11-5-2-3-7-13(11)16-10-8-12-6-4-9-15(12)14(16)17/h2-10H,1H3. The van der Waals surface area contributed by atoms with Crippen molar-refractivity contribution < 1.29 is 0 Å². The van der Waals surface area contributed by atoms with Gasteiger partial charge in [0.05, 0.1) is 11.2 Å². The third-order valence-corrected chi connectivity index (χ3v) is 2.96. The van der Waals surface area contributed by atoms with E-state index in [4.69, 9.17) is 0 Å². The van der Waals surface area contributed by atoms with Crippen molar-refractivity contribution in [2.24, 2.45) is 0 Å². The Morgan fingerprint density at radius 3 is 2.59 bits per heavy atom. The number of hydrogen-bond acceptors (Lipinski definition) is 1. The second kappa shape index (κ2) is 3.63. The second-order valence-corrected chi connectivity index (χ2v) is 4.06. The maximum Gasteiger partial charge on any atom is 0.337 e. The van der Waals surface area contributed by atoms with Gasteiger partial charge in [0.25, 0.3) is 0 Å². The smallest absolute Gasteiger partial charge is 0.269 e. The number of fused-ring (bicyclic) bond motifs is 1. The molecular formula is C14H12N2O. The van der Waals surface area contributed by atoms with Gasteiger partial charge in [0.2, 0.25) is 0 Å². The molecule has 17 heavy (non-hydrogen) atoms. The molecule has 0 aliphatic carbocycles. The fraction of sp³-hybridized carbons (Fsp3) is 0.0714. The van der Waals surface area contributed by atoms with Crippen LogP contribution in [0, 0.1) is 6.92 Å². The zero-order chi connectivity index (χ0) is 11.8. The summed E-state index contributed by atoms with van der Waals surface area (Å²) in [5, 5.41) is 0. The molecule has 0 bridgehead atoms. The highest BCUT2D eigenvalue weighted by Gasteiger charge is 2.04. The predicted molar refractivity (Wildman–Crippen MR) is 67.7 cm³/mol. The Kier molecular flexibility index (Phi) is 2.11. The Hall–Kier alpha value is -2.29. The molecule has 84 valence electrons. The Morgan fingerprint density at radius 1 is 0.941 bits per heavy atom. The molecule has 0 atom stereocenters. The van der Waals surface area contributed by atoms with Crippen LogP contribution in [0.3, 0.4) is 0 Å². The molecule has 0 saturated heterocycles. The van der Waals surface area contributed by atoms with Gasteiger partial charge in [0.1, 0.15) is 0 Å². The maximum atomic E-state index is 12.3. The summed E-state index contributed by atoms with van der Waals surface area (Å²) in [4.78, 5) is 12.3. The van der Waals surface area contributed by atoms with E-state index in [2.05, 4.69) is 0 Å². The number of hydrogen-bond donors (Lipinski definition) is 0. The number of aryl methyl sites for hydroxylation is 1. The molecule has 0 aliphatic rings. The number of nitrogens with zero attached hydrogens (tertiary/aromatic N) is 2. The van der Waals surface area contributed by atoms with Gasteiger partial charge in [-0.1, -0.05) is 18.2 Å². The maximum absolute atomic E-state index is 12.3. The first-order chi connectivity index (χ1) is 8.27. The van der Waals surface area contributed by atoms with Crippen LogP contribution in [-0.2, 0) is 0 Å². The number of aromatic nitrogens is 2. The van der Waals surface area contributed by atoms with Gasteiger partial charge >= 0.3 is 5.69 Å². The summed E-state index contributed by atoms with van der Waals surface area (Å²) in [6.45, 7) is 2.00. The molecule has 0 unspecified atom stereocenters. The molecule has 3 nitrogen and oxygen atoms in total. The van der Waals surface area contributed by atoms with Crippen molar-refractivity contribution in [2.45, 2.75) is 6.92 Å². The van der Waals surface area contributed by atoms with Gasteiger partial charge < -0.3 is 0 Å². The first kappa shape index (κ1) is 9.90. The summed E-state index contributed by atoms with van der Waals surface area (Å²) >= 11 is 0. The Balaban J connectivity index is 2.35. The van der Waals surface area contributed by atoms with Gasteiger partial charge in [-0.25, -0.2) is 4.79 Å². The summed E-state index contributed by atoms with van der Waals surface area (Å²) in [6.07, 6.45) is 3.60. The van der Waals surface area contributed by atoms with Gasteiger partial charge in [-0.05, 0) is 36.8 Å². The van der Waals surface area contributed by atoms with Crippen LogP contribution in [0.15, 0.2) is 59.7 Å². The molecule has 0 N–H and O–H groups in total. The van der Waals surface area contributed by atoms with Crippen LogP contribution < -0.4 is 5.69 Å². The number of rotatable bonds is 1. The molecule has 3 aromatic rings. The predicted octanol–water partition coefficient (Wildman–Crippen LogP) is 2.40. The van der Waals surface area contributed by atoms with Gasteiger partial charge in [-0.2, -0.15) is 0 Å². The molecule has 0 saturated carbocycles. The lowest BCUT2D eigenvalue weighted by Crippen LogP contribution is -2.24. The van der Waals surface area contributed by atoms with Crippen LogP contribution in [0.4, 0.5) is 0 Å². The third-order valence-electron chi connectivity index (χ3n) is 2.96. The lowest BCUT2D eigenvalue weighted by molar-refractivity contribution is 0.877. The molecule has 3 heteroatoms. The highest BCUT2D eigenvalue weighted by molar-refractivity contribution is 5.48. The van der Waals surface area contributed by atoms with Crippen molar-refractivity contribution in [2.75, 3.05) is 0 Å². The zero-order valence-corrected chi connectivity index (χ0v) is 9.50. The van der Waals surface area contributed by atoms with Crippen LogP contribution in [0.2, 0.25) is 0 Å². The first-order valence-corrected chi connectivity index (χ1v) is 5.52. The van der Waals surface area contributed by atoms with Crippen molar-refractivity contribution in [3.8, 4) is 5.69 Å². The molecule has 0 amide bonds. The monoisotopic (exact) mass is 224 g/mol. The molecule has 0 aliphatic heterocycles. The fourth-order valence-corrected chi connectivity index (χ4v) is 2.05. The van der Waals surface area contributed by atoms with Crippen LogP contribution >= 0.6 is 0 Å². The van der Waals surface area contributed by atoms with E-state index in [0.717, 1.165) is 16.8 Å². The summed E-state index contributed by atoms with van der Waals surface area (Å²) in [5.74, 6) is 0. The van der Waals surface area contributed by atoms with Crippen LogP contribution in [-0.4, -0.2) is 8.97 Å². The van der Waals surface area contributed by atoms with Crippen LogP contribution in [0.1, 0.15) is 5.56 Å². The summed E-state index contributed by atoms with van der Waals surface area (Å²) in [7, 11) is 0. The van der Waals surface area contributed by atoms with E-state index >= 15 is 0 Å². The number of benzene rings is 1. The summed E-state index contributed by atoms with van der Waals surface area (Å²) < 4.78 is 3.31. The summed E-state index contributed by atoms with van der Waals surface area (Å²) in [6, 6.07) is 13.6. The average molecular weight is 224 g/mol. The van der Waals surface area contributed by atoms with E-state index < -0.39 is 0 Å². The SMILES string of the molecule is Cc1ccccc1-n1ccc2cccn2c1=O. The van der Waals surface area contributed by atoms with E-state index in [1.54, 1.807) is 15.2 Å². The normalized spacial score (nSPS) is 10.9. The van der Waals surface area contributed by atoms with E-state index in [-0.39, 0.29) is 5.69 Å².